The van der Waals surface area contributed by atoms with Crippen LogP contribution < -0.4 is 11.1 Å². The van der Waals surface area contributed by atoms with E-state index in [1.165, 1.54) is 6.20 Å². The molecule has 0 unspecified atom stereocenters. The largest absolute Gasteiger partial charge is 0.455 e. The number of nitrogens with two attached hydrogens (primary N) is 1. The number of hydrogen-bond acceptors (Lipinski definition) is 4. The van der Waals surface area contributed by atoms with Crippen LogP contribution in [-0.4, -0.2) is 18.6 Å². The lowest BCUT2D eigenvalue weighted by molar-refractivity contribution is -0.149. The molecule has 0 saturated heterocycles. The molecule has 0 atom stereocenters. The highest BCUT2D eigenvalue weighted by molar-refractivity contribution is 5.87. The van der Waals surface area contributed by atoms with Crippen LogP contribution in [0.5, 0.6) is 0 Å². The van der Waals surface area contributed by atoms with Gasteiger partial charge in [0.15, 0.2) is 0 Å². The van der Waals surface area contributed by atoms with Crippen molar-refractivity contribution in [1.29, 1.82) is 0 Å². The molecule has 0 spiro atoms. The molecule has 0 aliphatic heterocycles. The van der Waals surface area contributed by atoms with Crippen LogP contribution in [0.2, 0.25) is 0 Å². The van der Waals surface area contributed by atoms with Gasteiger partial charge >= 0.3 is 5.97 Å². The SMILES string of the molecule is CN/C=C(/N)C(=O)OC(C)(C)C. The van der Waals surface area contributed by atoms with Crippen molar-refractivity contribution in [3.05, 3.63) is 11.9 Å². The first-order valence-corrected chi connectivity index (χ1v) is 3.73. The Morgan fingerprint density at radius 1 is 1.50 bits per heavy atom. The van der Waals surface area contributed by atoms with Gasteiger partial charge in [-0.3, -0.25) is 0 Å². The summed E-state index contributed by atoms with van der Waals surface area (Å²) in [6, 6.07) is 0. The van der Waals surface area contributed by atoms with Gasteiger partial charge in [-0.25, -0.2) is 4.79 Å². The molecule has 0 aromatic rings. The molecule has 4 nitrogen and oxygen atoms in total. The first-order valence-electron chi connectivity index (χ1n) is 3.73. The van der Waals surface area contributed by atoms with Crippen LogP contribution in [0.15, 0.2) is 11.9 Å². The highest BCUT2D eigenvalue weighted by atomic mass is 16.6. The van der Waals surface area contributed by atoms with E-state index in [1.807, 2.05) is 0 Å². The zero-order valence-corrected chi connectivity index (χ0v) is 7.97. The minimum Gasteiger partial charge on any atom is -0.455 e. The van der Waals surface area contributed by atoms with Crippen LogP contribution in [0.25, 0.3) is 0 Å². The lowest BCUT2D eigenvalue weighted by atomic mass is 10.2. The quantitative estimate of drug-likeness (QED) is 0.466. The van der Waals surface area contributed by atoms with Crippen molar-refractivity contribution < 1.29 is 9.53 Å². The molecule has 0 saturated carbocycles. The molecule has 0 fully saturated rings. The Balaban J connectivity index is 4.15. The zero-order valence-electron chi connectivity index (χ0n) is 7.97. The van der Waals surface area contributed by atoms with Crippen LogP contribution >= 0.6 is 0 Å². The molecule has 12 heavy (non-hydrogen) atoms. The summed E-state index contributed by atoms with van der Waals surface area (Å²) in [5.41, 5.74) is 4.94. The van der Waals surface area contributed by atoms with Crippen molar-refractivity contribution in [1.82, 2.24) is 5.32 Å². The number of esters is 1. The number of rotatable bonds is 2. The van der Waals surface area contributed by atoms with E-state index in [0.717, 1.165) is 0 Å². The van der Waals surface area contributed by atoms with Gasteiger partial charge in [0, 0.05) is 13.2 Å². The molecule has 0 rings (SSSR count). The Kier molecular flexibility index (Phi) is 3.60. The third-order valence-electron chi connectivity index (χ3n) is 0.934. The maximum atomic E-state index is 11.1. The van der Waals surface area contributed by atoms with Gasteiger partial charge in [0.25, 0.3) is 0 Å². The highest BCUT2D eigenvalue weighted by Crippen LogP contribution is 2.08. The average Bonchev–Trinajstić information content (AvgIpc) is 1.84. The first kappa shape index (κ1) is 10.8. The van der Waals surface area contributed by atoms with E-state index in [-0.39, 0.29) is 5.70 Å². The number of carbonyl (C=O) groups excluding carboxylic acids is 1. The molecular weight excluding hydrogens is 156 g/mol. The Bertz CT molecular complexity index is 192. The van der Waals surface area contributed by atoms with Crippen molar-refractivity contribution >= 4 is 5.97 Å². The van der Waals surface area contributed by atoms with E-state index in [9.17, 15) is 4.79 Å². The van der Waals surface area contributed by atoms with Crippen LogP contribution in [0.3, 0.4) is 0 Å². The van der Waals surface area contributed by atoms with Crippen molar-refractivity contribution in [2.45, 2.75) is 26.4 Å². The minimum atomic E-state index is -0.503. The molecule has 0 bridgehead atoms. The fourth-order valence-electron chi connectivity index (χ4n) is 0.551. The van der Waals surface area contributed by atoms with E-state index in [0.29, 0.717) is 0 Å². The Morgan fingerprint density at radius 2 is 2.00 bits per heavy atom. The molecule has 0 aromatic carbocycles. The summed E-state index contributed by atoms with van der Waals surface area (Å²) in [4.78, 5) is 11.1. The second kappa shape index (κ2) is 3.99. The van der Waals surface area contributed by atoms with Crippen LogP contribution in [0.1, 0.15) is 20.8 Å². The lowest BCUT2D eigenvalue weighted by Crippen LogP contribution is -2.27. The van der Waals surface area contributed by atoms with Gasteiger partial charge in [-0.15, -0.1) is 0 Å². The second-order valence-electron chi connectivity index (χ2n) is 3.39. The fourth-order valence-corrected chi connectivity index (χ4v) is 0.551. The maximum absolute atomic E-state index is 11.1. The summed E-state index contributed by atoms with van der Waals surface area (Å²) in [5, 5.41) is 2.65. The number of nitrogens with one attached hydrogen (secondary N) is 1. The monoisotopic (exact) mass is 172 g/mol. The van der Waals surface area contributed by atoms with E-state index in [4.69, 9.17) is 10.5 Å². The van der Waals surface area contributed by atoms with Crippen molar-refractivity contribution in [3.63, 3.8) is 0 Å². The molecular formula is C8H16N2O2. The maximum Gasteiger partial charge on any atom is 0.356 e. The molecule has 70 valence electrons. The fraction of sp³-hybridized carbons (Fsp3) is 0.625. The van der Waals surface area contributed by atoms with Gasteiger partial charge in [0.2, 0.25) is 0 Å². The molecule has 0 aromatic heterocycles. The topological polar surface area (TPSA) is 64.3 Å². The summed E-state index contributed by atoms with van der Waals surface area (Å²) in [6.07, 6.45) is 1.40. The number of hydrogen-bond donors (Lipinski definition) is 2. The van der Waals surface area contributed by atoms with Gasteiger partial charge in [-0.05, 0) is 20.8 Å². The summed E-state index contributed by atoms with van der Waals surface area (Å²) in [6.45, 7) is 5.37. The Hall–Kier alpha value is -1.19. The van der Waals surface area contributed by atoms with Crippen molar-refractivity contribution in [2.75, 3.05) is 7.05 Å². The predicted molar refractivity (Wildman–Crippen MR) is 47.2 cm³/mol. The molecule has 4 heteroatoms. The third kappa shape index (κ3) is 4.60. The predicted octanol–water partition coefficient (Wildman–Crippen LogP) is 0.348. The van der Waals surface area contributed by atoms with E-state index >= 15 is 0 Å². The summed E-state index contributed by atoms with van der Waals surface area (Å²) in [5.74, 6) is -0.503. The van der Waals surface area contributed by atoms with Crippen LogP contribution in [0.4, 0.5) is 0 Å². The number of ether oxygens (including phenoxy) is 1. The third-order valence-corrected chi connectivity index (χ3v) is 0.934. The number of carbonyl (C=O) groups is 1. The molecule has 0 radical (unpaired) electrons. The van der Waals surface area contributed by atoms with Gasteiger partial charge in [-0.2, -0.15) is 0 Å². The summed E-state index contributed by atoms with van der Waals surface area (Å²) >= 11 is 0. The van der Waals surface area contributed by atoms with Gasteiger partial charge in [0.05, 0.1) is 0 Å². The molecule has 0 aliphatic rings. The summed E-state index contributed by atoms with van der Waals surface area (Å²) < 4.78 is 4.98. The standard InChI is InChI=1S/C8H16N2O2/c1-8(2,3)12-7(11)6(9)5-10-4/h5,10H,9H2,1-4H3/b6-5+. The van der Waals surface area contributed by atoms with Gasteiger partial charge in [-0.1, -0.05) is 0 Å². The molecule has 3 N–H and O–H groups in total. The molecule has 0 aliphatic carbocycles. The van der Waals surface area contributed by atoms with Crippen LogP contribution in [0, 0.1) is 0 Å². The zero-order chi connectivity index (χ0) is 9.78. The average molecular weight is 172 g/mol. The van der Waals surface area contributed by atoms with Crippen molar-refractivity contribution in [2.24, 2.45) is 5.73 Å². The smallest absolute Gasteiger partial charge is 0.356 e. The molecule has 0 heterocycles. The minimum absolute atomic E-state index is 0.0763. The first-order chi connectivity index (χ1) is 5.37. The van der Waals surface area contributed by atoms with Gasteiger partial charge in [0.1, 0.15) is 11.3 Å². The van der Waals surface area contributed by atoms with E-state index in [2.05, 4.69) is 5.32 Å². The summed E-state index contributed by atoms with van der Waals surface area (Å²) in [7, 11) is 1.66. The highest BCUT2D eigenvalue weighted by Gasteiger charge is 2.17. The normalized spacial score (nSPS) is 12.5. The van der Waals surface area contributed by atoms with Gasteiger partial charge < -0.3 is 15.8 Å². The van der Waals surface area contributed by atoms with Crippen molar-refractivity contribution in [3.8, 4) is 0 Å². The lowest BCUT2D eigenvalue weighted by Gasteiger charge is -2.19. The van der Waals surface area contributed by atoms with Crippen LogP contribution in [-0.2, 0) is 9.53 Å². The van der Waals surface area contributed by atoms with E-state index in [1.54, 1.807) is 27.8 Å². The molecule has 0 amide bonds. The second-order valence-corrected chi connectivity index (χ2v) is 3.39. The Labute approximate surface area is 72.8 Å². The van der Waals surface area contributed by atoms with E-state index < -0.39 is 11.6 Å². The Morgan fingerprint density at radius 3 is 2.33 bits per heavy atom.